The summed E-state index contributed by atoms with van der Waals surface area (Å²) in [5.41, 5.74) is 0. The number of nitrogens with zero attached hydrogens (tertiary/aromatic N) is 2. The molecule has 64 valence electrons. The molecule has 0 bridgehead atoms. The SMILES string of the molecule is CCCC1=[N+](C)CCCN1C. The lowest BCUT2D eigenvalue weighted by molar-refractivity contribution is -0.509. The van der Waals surface area contributed by atoms with Crippen molar-refractivity contribution in [2.75, 3.05) is 27.2 Å². The zero-order valence-corrected chi connectivity index (χ0v) is 7.93. The molecule has 0 aromatic heterocycles. The zero-order valence-electron chi connectivity index (χ0n) is 7.93. The van der Waals surface area contributed by atoms with Crippen molar-refractivity contribution in [2.45, 2.75) is 26.2 Å². The van der Waals surface area contributed by atoms with Crippen LogP contribution in [-0.2, 0) is 0 Å². The van der Waals surface area contributed by atoms with Crippen LogP contribution >= 0.6 is 0 Å². The summed E-state index contributed by atoms with van der Waals surface area (Å²) in [7, 11) is 4.39. The van der Waals surface area contributed by atoms with Crippen molar-refractivity contribution in [3.05, 3.63) is 0 Å². The highest BCUT2D eigenvalue weighted by molar-refractivity contribution is 5.77. The van der Waals surface area contributed by atoms with Gasteiger partial charge in [-0.2, -0.15) is 0 Å². The molecule has 0 amide bonds. The molecule has 0 atom stereocenters. The Bertz CT molecular complexity index is 161. The van der Waals surface area contributed by atoms with Gasteiger partial charge in [-0.1, -0.05) is 6.92 Å². The number of hydrogen-bond donors (Lipinski definition) is 0. The molecular weight excluding hydrogens is 136 g/mol. The van der Waals surface area contributed by atoms with Crippen molar-refractivity contribution in [1.82, 2.24) is 4.90 Å². The lowest BCUT2D eigenvalue weighted by Crippen LogP contribution is -2.40. The van der Waals surface area contributed by atoms with Crippen LogP contribution in [0.3, 0.4) is 0 Å². The van der Waals surface area contributed by atoms with E-state index in [0.29, 0.717) is 0 Å². The first-order valence-corrected chi connectivity index (χ1v) is 4.53. The summed E-state index contributed by atoms with van der Waals surface area (Å²) in [5, 5.41) is 0. The third-order valence-corrected chi connectivity index (χ3v) is 2.34. The molecule has 2 heteroatoms. The molecule has 1 heterocycles. The minimum Gasteiger partial charge on any atom is -0.268 e. The third kappa shape index (κ3) is 1.95. The maximum atomic E-state index is 2.38. The van der Waals surface area contributed by atoms with Crippen LogP contribution in [0.4, 0.5) is 0 Å². The van der Waals surface area contributed by atoms with E-state index in [4.69, 9.17) is 0 Å². The first-order chi connectivity index (χ1) is 5.25. The summed E-state index contributed by atoms with van der Waals surface area (Å²) in [6.45, 7) is 4.71. The lowest BCUT2D eigenvalue weighted by atomic mass is 10.2. The van der Waals surface area contributed by atoms with Gasteiger partial charge in [0.05, 0.1) is 27.2 Å². The van der Waals surface area contributed by atoms with E-state index in [2.05, 4.69) is 30.5 Å². The van der Waals surface area contributed by atoms with E-state index >= 15 is 0 Å². The average Bonchev–Trinajstić information content (AvgIpc) is 1.97. The topological polar surface area (TPSA) is 6.25 Å². The maximum Gasteiger partial charge on any atom is 0.246 e. The Kier molecular flexibility index (Phi) is 2.92. The Morgan fingerprint density at radius 3 is 2.82 bits per heavy atom. The van der Waals surface area contributed by atoms with Crippen molar-refractivity contribution in [2.24, 2.45) is 0 Å². The van der Waals surface area contributed by atoms with E-state index in [9.17, 15) is 0 Å². The minimum absolute atomic E-state index is 1.23. The average molecular weight is 155 g/mol. The molecule has 11 heavy (non-hydrogen) atoms. The van der Waals surface area contributed by atoms with E-state index in [1.165, 1.54) is 38.2 Å². The second-order valence-corrected chi connectivity index (χ2v) is 3.36. The van der Waals surface area contributed by atoms with Gasteiger partial charge in [0.1, 0.15) is 0 Å². The fraction of sp³-hybridized carbons (Fsp3) is 0.889. The Hall–Kier alpha value is -0.530. The van der Waals surface area contributed by atoms with Gasteiger partial charge in [-0.25, -0.2) is 0 Å². The molecule has 0 aromatic carbocycles. The van der Waals surface area contributed by atoms with Crippen molar-refractivity contribution in [1.29, 1.82) is 0 Å². The Morgan fingerprint density at radius 1 is 1.55 bits per heavy atom. The molecule has 0 aliphatic carbocycles. The molecular formula is C9H19N2+. The largest absolute Gasteiger partial charge is 0.268 e. The summed E-state index contributed by atoms with van der Waals surface area (Å²) in [4.78, 5) is 2.38. The Balaban J connectivity index is 2.66. The van der Waals surface area contributed by atoms with Crippen LogP contribution in [0.5, 0.6) is 0 Å². The normalized spacial score (nSPS) is 19.4. The van der Waals surface area contributed by atoms with Crippen LogP contribution in [-0.4, -0.2) is 42.5 Å². The fourth-order valence-electron chi connectivity index (χ4n) is 1.70. The number of rotatable bonds is 2. The van der Waals surface area contributed by atoms with E-state index in [1.807, 2.05) is 0 Å². The molecule has 0 radical (unpaired) electrons. The highest BCUT2D eigenvalue weighted by Gasteiger charge is 2.20. The van der Waals surface area contributed by atoms with E-state index in [0.717, 1.165) is 0 Å². The quantitative estimate of drug-likeness (QED) is 0.542. The molecule has 0 N–H and O–H groups in total. The molecule has 1 aliphatic heterocycles. The van der Waals surface area contributed by atoms with E-state index in [-0.39, 0.29) is 0 Å². The molecule has 0 spiro atoms. The summed E-state index contributed by atoms with van der Waals surface area (Å²) in [5.74, 6) is 1.51. The van der Waals surface area contributed by atoms with Crippen LogP contribution < -0.4 is 0 Å². The summed E-state index contributed by atoms with van der Waals surface area (Å²) in [6, 6.07) is 0. The number of amidine groups is 1. The van der Waals surface area contributed by atoms with Gasteiger partial charge in [0.25, 0.3) is 0 Å². The van der Waals surface area contributed by atoms with Gasteiger partial charge < -0.3 is 0 Å². The Morgan fingerprint density at radius 2 is 2.27 bits per heavy atom. The zero-order chi connectivity index (χ0) is 8.27. The van der Waals surface area contributed by atoms with Gasteiger partial charge >= 0.3 is 0 Å². The molecule has 0 aromatic rings. The predicted octanol–water partition coefficient (Wildman–Crippen LogP) is 1.16. The molecule has 2 nitrogen and oxygen atoms in total. The minimum atomic E-state index is 1.23. The summed E-state index contributed by atoms with van der Waals surface area (Å²) < 4.78 is 2.38. The number of hydrogen-bond acceptors (Lipinski definition) is 1. The van der Waals surface area contributed by atoms with E-state index in [1.54, 1.807) is 0 Å². The first-order valence-electron chi connectivity index (χ1n) is 4.53. The van der Waals surface area contributed by atoms with Gasteiger partial charge in [-0.15, -0.1) is 0 Å². The highest BCUT2D eigenvalue weighted by Crippen LogP contribution is 2.03. The highest BCUT2D eigenvalue weighted by atomic mass is 15.2. The van der Waals surface area contributed by atoms with Crippen molar-refractivity contribution in [3.63, 3.8) is 0 Å². The van der Waals surface area contributed by atoms with Crippen molar-refractivity contribution in [3.8, 4) is 0 Å². The standard InChI is InChI=1S/C9H19N2/c1-4-6-9-10(2)7-5-8-11(9)3/h4-8H2,1-3H3/q+1. The Labute approximate surface area is 69.5 Å². The van der Waals surface area contributed by atoms with Crippen molar-refractivity contribution < 1.29 is 4.58 Å². The lowest BCUT2D eigenvalue weighted by Gasteiger charge is -2.21. The van der Waals surface area contributed by atoms with Crippen LogP contribution in [0, 0.1) is 0 Å². The molecule has 0 saturated heterocycles. The summed E-state index contributed by atoms with van der Waals surface area (Å²) >= 11 is 0. The smallest absolute Gasteiger partial charge is 0.246 e. The fourth-order valence-corrected chi connectivity index (χ4v) is 1.70. The molecule has 0 unspecified atom stereocenters. The predicted molar refractivity (Wildman–Crippen MR) is 48.2 cm³/mol. The first kappa shape index (κ1) is 8.57. The van der Waals surface area contributed by atoms with Gasteiger partial charge in [0.15, 0.2) is 0 Å². The summed E-state index contributed by atoms with van der Waals surface area (Å²) in [6.07, 6.45) is 3.79. The molecule has 1 aliphatic rings. The van der Waals surface area contributed by atoms with Gasteiger partial charge in [-0.05, 0) is 6.42 Å². The maximum absolute atomic E-state index is 2.38. The molecule has 0 saturated carbocycles. The van der Waals surface area contributed by atoms with Crippen molar-refractivity contribution >= 4 is 5.84 Å². The second kappa shape index (κ2) is 3.74. The van der Waals surface area contributed by atoms with Crippen LogP contribution in [0.25, 0.3) is 0 Å². The molecule has 0 fully saturated rings. The van der Waals surface area contributed by atoms with E-state index < -0.39 is 0 Å². The van der Waals surface area contributed by atoms with Gasteiger partial charge in [-0.3, -0.25) is 9.48 Å². The van der Waals surface area contributed by atoms with Crippen LogP contribution in [0.15, 0.2) is 0 Å². The third-order valence-electron chi connectivity index (χ3n) is 2.34. The van der Waals surface area contributed by atoms with Crippen LogP contribution in [0.1, 0.15) is 26.2 Å². The second-order valence-electron chi connectivity index (χ2n) is 3.36. The van der Waals surface area contributed by atoms with Gasteiger partial charge in [0, 0.05) is 12.8 Å². The molecule has 1 rings (SSSR count). The monoisotopic (exact) mass is 155 g/mol. The van der Waals surface area contributed by atoms with Crippen LogP contribution in [0.2, 0.25) is 0 Å². The van der Waals surface area contributed by atoms with Gasteiger partial charge in [0.2, 0.25) is 5.84 Å².